The average molecular weight is 350 g/mol. The number of hydrogen-bond donors (Lipinski definition) is 0. The molecule has 2 rings (SSSR count). The van der Waals surface area contributed by atoms with Crippen molar-refractivity contribution < 1.29 is 13.2 Å². The molecule has 7 heteroatoms. The van der Waals surface area contributed by atoms with E-state index in [1.807, 2.05) is 6.92 Å². The van der Waals surface area contributed by atoms with Gasteiger partial charge in [-0.2, -0.15) is 0 Å². The maximum Gasteiger partial charge on any atom is 0.261 e. The lowest BCUT2D eigenvalue weighted by atomic mass is 9.93. The summed E-state index contributed by atoms with van der Waals surface area (Å²) in [6.45, 7) is 4.82. The summed E-state index contributed by atoms with van der Waals surface area (Å²) in [6.07, 6.45) is 1.88. The highest BCUT2D eigenvalue weighted by Crippen LogP contribution is 2.27. The molecule has 1 saturated heterocycles. The van der Waals surface area contributed by atoms with Gasteiger partial charge >= 0.3 is 0 Å². The molecule has 21 heavy (non-hydrogen) atoms. The fourth-order valence-corrected chi connectivity index (χ4v) is 3.80. The van der Waals surface area contributed by atoms with Crippen LogP contribution in [0.4, 0.5) is 0 Å². The number of hydrogen-bond acceptors (Lipinski definition) is 3. The van der Waals surface area contributed by atoms with Crippen molar-refractivity contribution in [3.05, 3.63) is 28.8 Å². The van der Waals surface area contributed by atoms with E-state index in [9.17, 15) is 13.2 Å². The number of likely N-dealkylation sites (tertiary alicyclic amines) is 1. The first-order valence-corrected chi connectivity index (χ1v) is 9.43. The van der Waals surface area contributed by atoms with E-state index in [-0.39, 0.29) is 27.4 Å². The summed E-state index contributed by atoms with van der Waals surface area (Å²) in [5, 5.41) is 0.179. The minimum absolute atomic E-state index is 0.122. The van der Waals surface area contributed by atoms with Crippen LogP contribution in [0.2, 0.25) is 5.02 Å². The number of carbonyl (C=O) groups excluding carboxylic acids is 1. The minimum Gasteiger partial charge on any atom is -0.336 e. The summed E-state index contributed by atoms with van der Waals surface area (Å²) in [7, 11) is 1.41. The topological polar surface area (TPSA) is 54.5 Å². The third kappa shape index (κ3) is 3.90. The molecule has 1 aliphatic rings. The van der Waals surface area contributed by atoms with E-state index >= 15 is 0 Å². The second-order valence-electron chi connectivity index (χ2n) is 5.59. The van der Waals surface area contributed by atoms with Crippen LogP contribution in [-0.2, 0) is 9.05 Å². The Morgan fingerprint density at radius 3 is 2.52 bits per heavy atom. The van der Waals surface area contributed by atoms with Gasteiger partial charge in [0.05, 0.1) is 4.90 Å². The molecule has 1 heterocycles. The van der Waals surface area contributed by atoms with E-state index in [0.29, 0.717) is 12.5 Å². The first kappa shape index (κ1) is 16.6. The largest absolute Gasteiger partial charge is 0.336 e. The number of halogens is 2. The Balaban J connectivity index is 2.33. The van der Waals surface area contributed by atoms with Gasteiger partial charge in [-0.25, -0.2) is 8.42 Å². The number of rotatable bonds is 2. The van der Waals surface area contributed by atoms with Crippen LogP contribution in [0.15, 0.2) is 23.1 Å². The van der Waals surface area contributed by atoms with Crippen molar-refractivity contribution >= 4 is 37.2 Å². The number of benzene rings is 1. The van der Waals surface area contributed by atoms with Crippen LogP contribution < -0.4 is 0 Å². The fourth-order valence-electron chi connectivity index (χ4n) is 2.70. The normalized spacial score (nSPS) is 23.1. The lowest BCUT2D eigenvalue weighted by Crippen LogP contribution is -2.44. The SMILES string of the molecule is CC1CCN(C(=O)c2cc(Cl)cc(S(=O)(=O)Cl)c2)C(C)C1. The van der Waals surface area contributed by atoms with E-state index in [4.69, 9.17) is 22.3 Å². The van der Waals surface area contributed by atoms with Crippen molar-refractivity contribution in [2.45, 2.75) is 37.6 Å². The van der Waals surface area contributed by atoms with Crippen LogP contribution >= 0.6 is 22.3 Å². The van der Waals surface area contributed by atoms with Crippen LogP contribution in [0.5, 0.6) is 0 Å². The standard InChI is InChI=1S/C14H17Cl2NO3S/c1-9-3-4-17(10(2)5-9)14(18)11-6-12(15)8-13(7-11)21(16,19)20/h6-10H,3-5H2,1-2H3. The predicted molar refractivity (Wildman–Crippen MR) is 83.4 cm³/mol. The highest BCUT2D eigenvalue weighted by atomic mass is 35.7. The molecular formula is C14H17Cl2NO3S. The van der Waals surface area contributed by atoms with Crippen LogP contribution in [0, 0.1) is 5.92 Å². The Morgan fingerprint density at radius 2 is 1.95 bits per heavy atom. The van der Waals surface area contributed by atoms with Gasteiger partial charge in [0.25, 0.3) is 15.0 Å². The van der Waals surface area contributed by atoms with Crippen molar-refractivity contribution in [3.8, 4) is 0 Å². The second kappa shape index (κ2) is 6.15. The molecule has 1 aliphatic heterocycles. The van der Waals surface area contributed by atoms with Gasteiger partial charge < -0.3 is 4.90 Å². The molecule has 0 radical (unpaired) electrons. The Hall–Kier alpha value is -0.780. The van der Waals surface area contributed by atoms with E-state index < -0.39 is 9.05 Å². The molecule has 1 aromatic carbocycles. The number of carbonyl (C=O) groups is 1. The zero-order valence-electron chi connectivity index (χ0n) is 11.8. The molecule has 1 aromatic rings. The molecule has 0 N–H and O–H groups in total. The molecule has 0 bridgehead atoms. The van der Waals surface area contributed by atoms with Crippen molar-refractivity contribution in [1.29, 1.82) is 0 Å². The molecule has 1 fully saturated rings. The summed E-state index contributed by atoms with van der Waals surface area (Å²) in [6, 6.07) is 4.11. The Bertz CT molecular complexity index is 660. The highest BCUT2D eigenvalue weighted by Gasteiger charge is 2.28. The Kier molecular flexibility index (Phi) is 4.85. The predicted octanol–water partition coefficient (Wildman–Crippen LogP) is 3.53. The van der Waals surface area contributed by atoms with Gasteiger partial charge in [0.15, 0.2) is 0 Å². The van der Waals surface area contributed by atoms with E-state index in [0.717, 1.165) is 12.8 Å². The Labute approximate surface area is 134 Å². The molecule has 2 unspecified atom stereocenters. The van der Waals surface area contributed by atoms with Crippen molar-refractivity contribution in [1.82, 2.24) is 4.90 Å². The van der Waals surface area contributed by atoms with Crippen molar-refractivity contribution in [2.24, 2.45) is 5.92 Å². The van der Waals surface area contributed by atoms with Gasteiger partial charge in [0.1, 0.15) is 0 Å². The summed E-state index contributed by atoms with van der Waals surface area (Å²) in [5.41, 5.74) is 0.253. The smallest absolute Gasteiger partial charge is 0.261 e. The maximum absolute atomic E-state index is 12.6. The summed E-state index contributed by atoms with van der Waals surface area (Å²) in [5.74, 6) is 0.376. The molecule has 2 atom stereocenters. The van der Waals surface area contributed by atoms with Crippen molar-refractivity contribution in [2.75, 3.05) is 6.54 Å². The van der Waals surface area contributed by atoms with Gasteiger partial charge in [0.2, 0.25) is 0 Å². The van der Waals surface area contributed by atoms with Gasteiger partial charge in [-0.1, -0.05) is 18.5 Å². The first-order valence-electron chi connectivity index (χ1n) is 6.74. The van der Waals surface area contributed by atoms with Gasteiger partial charge in [0, 0.05) is 33.9 Å². The number of nitrogens with zero attached hydrogens (tertiary/aromatic N) is 1. The van der Waals surface area contributed by atoms with Crippen molar-refractivity contribution in [3.63, 3.8) is 0 Å². The molecule has 4 nitrogen and oxygen atoms in total. The van der Waals surface area contributed by atoms with E-state index in [1.54, 1.807) is 4.90 Å². The molecule has 0 aromatic heterocycles. The van der Waals surface area contributed by atoms with E-state index in [1.165, 1.54) is 18.2 Å². The monoisotopic (exact) mass is 349 g/mol. The lowest BCUT2D eigenvalue weighted by molar-refractivity contribution is 0.0588. The molecule has 1 amide bonds. The number of piperidine rings is 1. The first-order chi connectivity index (χ1) is 9.68. The van der Waals surface area contributed by atoms with Crippen LogP contribution in [0.25, 0.3) is 0 Å². The molecular weight excluding hydrogens is 333 g/mol. The zero-order chi connectivity index (χ0) is 15.8. The van der Waals surface area contributed by atoms with Gasteiger partial charge in [-0.15, -0.1) is 0 Å². The second-order valence-corrected chi connectivity index (χ2v) is 8.59. The van der Waals surface area contributed by atoms with Gasteiger partial charge in [-0.3, -0.25) is 4.79 Å². The molecule has 0 aliphatic carbocycles. The maximum atomic E-state index is 12.6. The molecule has 116 valence electrons. The van der Waals surface area contributed by atoms with Gasteiger partial charge in [-0.05, 0) is 43.9 Å². The van der Waals surface area contributed by atoms with Crippen LogP contribution in [0.3, 0.4) is 0 Å². The fraction of sp³-hybridized carbons (Fsp3) is 0.500. The zero-order valence-corrected chi connectivity index (χ0v) is 14.2. The van der Waals surface area contributed by atoms with E-state index in [2.05, 4.69) is 6.92 Å². The molecule has 0 saturated carbocycles. The molecule has 0 spiro atoms. The quantitative estimate of drug-likeness (QED) is 0.767. The van der Waals surface area contributed by atoms with Crippen LogP contribution in [0.1, 0.15) is 37.0 Å². The minimum atomic E-state index is -3.92. The average Bonchev–Trinajstić information content (AvgIpc) is 2.36. The third-order valence-electron chi connectivity index (χ3n) is 3.80. The lowest BCUT2D eigenvalue weighted by Gasteiger charge is -2.36. The Morgan fingerprint density at radius 1 is 1.29 bits per heavy atom. The van der Waals surface area contributed by atoms with Crippen LogP contribution in [-0.4, -0.2) is 31.8 Å². The summed E-state index contributed by atoms with van der Waals surface area (Å²) < 4.78 is 22.9. The number of amides is 1. The third-order valence-corrected chi connectivity index (χ3v) is 5.35. The summed E-state index contributed by atoms with van der Waals surface area (Å²) in [4.78, 5) is 14.2. The summed E-state index contributed by atoms with van der Waals surface area (Å²) >= 11 is 5.90. The highest BCUT2D eigenvalue weighted by molar-refractivity contribution is 8.13.